The molecule has 0 N–H and O–H groups in total. The second kappa shape index (κ2) is 4.47. The third-order valence-electron chi connectivity index (χ3n) is 2.57. The van der Waals surface area contributed by atoms with Crippen LogP contribution < -0.4 is 0 Å². The molecule has 1 aliphatic rings. The molecule has 0 saturated carbocycles. The highest BCUT2D eigenvalue weighted by molar-refractivity contribution is 9.10. The molecule has 1 aromatic rings. The van der Waals surface area contributed by atoms with E-state index < -0.39 is 0 Å². The van der Waals surface area contributed by atoms with Gasteiger partial charge in [-0.15, -0.1) is 0 Å². The van der Waals surface area contributed by atoms with Crippen molar-refractivity contribution >= 4 is 15.9 Å². The van der Waals surface area contributed by atoms with Gasteiger partial charge in [0.05, 0.1) is 12.6 Å². The summed E-state index contributed by atoms with van der Waals surface area (Å²) < 4.78 is 11.6. The Labute approximate surface area is 92.2 Å². The van der Waals surface area contributed by atoms with Crippen molar-refractivity contribution in [1.29, 1.82) is 0 Å². The minimum absolute atomic E-state index is 0.397. The number of likely N-dealkylation sites (tertiary alicyclic amines) is 1. The molecule has 1 aromatic heterocycles. The van der Waals surface area contributed by atoms with E-state index in [4.69, 9.17) is 9.15 Å². The highest BCUT2D eigenvalue weighted by Gasteiger charge is 2.22. The molecule has 78 valence electrons. The number of ether oxygens (including phenoxy) is 1. The summed E-state index contributed by atoms with van der Waals surface area (Å²) >= 11 is 3.30. The predicted molar refractivity (Wildman–Crippen MR) is 57.1 cm³/mol. The smallest absolute Gasteiger partial charge is 0.169 e. The van der Waals surface area contributed by atoms with E-state index in [1.807, 2.05) is 12.1 Å². The van der Waals surface area contributed by atoms with Gasteiger partial charge in [0.25, 0.3) is 0 Å². The predicted octanol–water partition coefficient (Wildman–Crippen LogP) is 2.26. The third kappa shape index (κ3) is 2.38. The van der Waals surface area contributed by atoms with Crippen LogP contribution in [0.1, 0.15) is 12.2 Å². The van der Waals surface area contributed by atoms with Crippen molar-refractivity contribution in [2.24, 2.45) is 0 Å². The number of furan rings is 1. The molecule has 0 spiro atoms. The van der Waals surface area contributed by atoms with Gasteiger partial charge in [0.15, 0.2) is 4.67 Å². The lowest BCUT2D eigenvalue weighted by Crippen LogP contribution is -2.22. The van der Waals surface area contributed by atoms with E-state index in [9.17, 15) is 0 Å². The molecule has 4 heteroatoms. The zero-order valence-electron chi connectivity index (χ0n) is 8.20. The molecular weight excluding hydrogens is 246 g/mol. The second-order valence-corrected chi connectivity index (χ2v) is 4.37. The molecule has 1 atom stereocenters. The van der Waals surface area contributed by atoms with Crippen LogP contribution in [0.2, 0.25) is 0 Å². The van der Waals surface area contributed by atoms with Crippen LogP contribution in [-0.4, -0.2) is 31.2 Å². The maximum absolute atomic E-state index is 5.45. The summed E-state index contributed by atoms with van der Waals surface area (Å²) in [6.07, 6.45) is 1.52. The summed E-state index contributed by atoms with van der Waals surface area (Å²) in [5.41, 5.74) is 0. The first kappa shape index (κ1) is 10.2. The van der Waals surface area contributed by atoms with E-state index >= 15 is 0 Å². The summed E-state index contributed by atoms with van der Waals surface area (Å²) in [5.74, 6) is 1.01. The van der Waals surface area contributed by atoms with Crippen molar-refractivity contribution in [1.82, 2.24) is 4.90 Å². The number of hydrogen-bond donors (Lipinski definition) is 0. The molecule has 2 rings (SSSR count). The monoisotopic (exact) mass is 259 g/mol. The van der Waals surface area contributed by atoms with Crippen molar-refractivity contribution in [2.75, 3.05) is 20.2 Å². The first-order valence-electron chi connectivity index (χ1n) is 4.77. The lowest BCUT2D eigenvalue weighted by Gasteiger charge is -2.13. The number of hydrogen-bond acceptors (Lipinski definition) is 3. The van der Waals surface area contributed by atoms with Gasteiger partial charge in [0, 0.05) is 20.2 Å². The third-order valence-corrected chi connectivity index (χ3v) is 3.00. The highest BCUT2D eigenvalue weighted by Crippen LogP contribution is 2.19. The Morgan fingerprint density at radius 1 is 1.64 bits per heavy atom. The molecule has 0 bridgehead atoms. The number of rotatable bonds is 3. The van der Waals surface area contributed by atoms with Crippen LogP contribution in [-0.2, 0) is 11.3 Å². The van der Waals surface area contributed by atoms with Gasteiger partial charge >= 0.3 is 0 Å². The zero-order chi connectivity index (χ0) is 9.97. The molecule has 1 saturated heterocycles. The molecule has 14 heavy (non-hydrogen) atoms. The first-order chi connectivity index (χ1) is 6.78. The molecular formula is C10H14BrNO2. The molecule has 3 nitrogen and oxygen atoms in total. The summed E-state index contributed by atoms with van der Waals surface area (Å²) in [5, 5.41) is 0. The van der Waals surface area contributed by atoms with Crippen LogP contribution in [0.4, 0.5) is 0 Å². The molecule has 1 unspecified atom stereocenters. The summed E-state index contributed by atoms with van der Waals surface area (Å²) in [7, 11) is 1.78. The molecule has 0 aromatic carbocycles. The lowest BCUT2D eigenvalue weighted by molar-refractivity contribution is 0.106. The van der Waals surface area contributed by atoms with E-state index in [1.165, 1.54) is 0 Å². The first-order valence-corrected chi connectivity index (χ1v) is 5.56. The highest BCUT2D eigenvalue weighted by atomic mass is 79.9. The number of methoxy groups -OCH3 is 1. The van der Waals surface area contributed by atoms with Crippen molar-refractivity contribution in [2.45, 2.75) is 19.1 Å². The summed E-state index contributed by atoms with van der Waals surface area (Å²) in [4.78, 5) is 2.35. The van der Waals surface area contributed by atoms with Crippen molar-refractivity contribution in [3.05, 3.63) is 22.6 Å². The average molecular weight is 260 g/mol. The normalized spacial score (nSPS) is 23.1. The maximum atomic E-state index is 5.45. The molecule has 0 radical (unpaired) electrons. The van der Waals surface area contributed by atoms with Crippen molar-refractivity contribution in [3.8, 4) is 0 Å². The van der Waals surface area contributed by atoms with E-state index in [-0.39, 0.29) is 0 Å². The van der Waals surface area contributed by atoms with Gasteiger partial charge in [0.1, 0.15) is 5.76 Å². The minimum atomic E-state index is 0.397. The topological polar surface area (TPSA) is 25.6 Å². The Hall–Kier alpha value is -0.320. The largest absolute Gasteiger partial charge is 0.453 e. The Morgan fingerprint density at radius 2 is 2.50 bits per heavy atom. The Kier molecular flexibility index (Phi) is 3.26. The Balaban J connectivity index is 1.87. The fourth-order valence-electron chi connectivity index (χ4n) is 1.79. The second-order valence-electron chi connectivity index (χ2n) is 3.59. The summed E-state index contributed by atoms with van der Waals surface area (Å²) in [6, 6.07) is 3.93. The van der Waals surface area contributed by atoms with Gasteiger partial charge < -0.3 is 9.15 Å². The Bertz CT molecular complexity index is 300. The molecule has 2 heterocycles. The quantitative estimate of drug-likeness (QED) is 0.833. The van der Waals surface area contributed by atoms with Crippen LogP contribution >= 0.6 is 15.9 Å². The van der Waals surface area contributed by atoms with Gasteiger partial charge in [-0.1, -0.05) is 0 Å². The van der Waals surface area contributed by atoms with Gasteiger partial charge in [-0.05, 0) is 34.5 Å². The zero-order valence-corrected chi connectivity index (χ0v) is 9.79. The van der Waals surface area contributed by atoms with Crippen molar-refractivity contribution in [3.63, 3.8) is 0 Å². The van der Waals surface area contributed by atoms with Gasteiger partial charge in [0.2, 0.25) is 0 Å². The van der Waals surface area contributed by atoms with Crippen LogP contribution in [0.15, 0.2) is 21.2 Å². The lowest BCUT2D eigenvalue weighted by atomic mass is 10.3. The molecule has 0 aliphatic carbocycles. The van der Waals surface area contributed by atoms with Gasteiger partial charge in [-0.25, -0.2) is 0 Å². The van der Waals surface area contributed by atoms with Crippen LogP contribution in [0.3, 0.4) is 0 Å². The summed E-state index contributed by atoms with van der Waals surface area (Å²) in [6.45, 7) is 2.98. The van der Waals surface area contributed by atoms with E-state index in [0.29, 0.717) is 6.10 Å². The molecule has 1 aliphatic heterocycles. The number of nitrogens with zero attached hydrogens (tertiary/aromatic N) is 1. The van der Waals surface area contributed by atoms with Crippen LogP contribution in [0.5, 0.6) is 0 Å². The standard InChI is InChI=1S/C10H14BrNO2/c1-13-8-4-5-12(6-8)7-9-2-3-10(11)14-9/h2-3,8H,4-7H2,1H3. The molecule has 0 amide bonds. The van der Waals surface area contributed by atoms with E-state index in [0.717, 1.165) is 36.5 Å². The van der Waals surface area contributed by atoms with E-state index in [2.05, 4.69) is 20.8 Å². The average Bonchev–Trinajstić information content (AvgIpc) is 2.76. The SMILES string of the molecule is COC1CCN(Cc2ccc(Br)o2)C1. The molecule has 1 fully saturated rings. The van der Waals surface area contributed by atoms with Gasteiger partial charge in [-0.2, -0.15) is 0 Å². The number of halogens is 1. The van der Waals surface area contributed by atoms with Crippen LogP contribution in [0, 0.1) is 0 Å². The van der Waals surface area contributed by atoms with Gasteiger partial charge in [-0.3, -0.25) is 4.90 Å². The fourth-order valence-corrected chi connectivity index (χ4v) is 2.13. The van der Waals surface area contributed by atoms with Crippen molar-refractivity contribution < 1.29 is 9.15 Å². The van der Waals surface area contributed by atoms with E-state index in [1.54, 1.807) is 7.11 Å². The fraction of sp³-hybridized carbons (Fsp3) is 0.600. The minimum Gasteiger partial charge on any atom is -0.453 e. The Morgan fingerprint density at radius 3 is 3.07 bits per heavy atom. The maximum Gasteiger partial charge on any atom is 0.169 e. The van der Waals surface area contributed by atoms with Crippen LogP contribution in [0.25, 0.3) is 0 Å².